The van der Waals surface area contributed by atoms with E-state index in [1.54, 1.807) is 0 Å². The van der Waals surface area contributed by atoms with Crippen LogP contribution in [0.5, 0.6) is 0 Å². The minimum Gasteiger partial charge on any atom is -0.391 e. The number of rotatable bonds is 28. The van der Waals surface area contributed by atoms with Gasteiger partial charge in [-0.15, -0.1) is 0 Å². The summed E-state index contributed by atoms with van der Waals surface area (Å²) in [7, 11) is 0. The van der Waals surface area contributed by atoms with Gasteiger partial charge in [0.05, 0.1) is 38.1 Å². The molecule has 0 aliphatic heterocycles. The van der Waals surface area contributed by atoms with Gasteiger partial charge in [0, 0.05) is 6.61 Å². The van der Waals surface area contributed by atoms with Crippen LogP contribution in [0.2, 0.25) is 0 Å². The summed E-state index contributed by atoms with van der Waals surface area (Å²) >= 11 is 0. The molecule has 0 amide bonds. The first kappa shape index (κ1) is 33.8. The molecule has 1 N–H and O–H groups in total. The van der Waals surface area contributed by atoms with Gasteiger partial charge in [0.15, 0.2) is 0 Å². The van der Waals surface area contributed by atoms with E-state index < -0.39 is 0 Å². The molecule has 4 heteroatoms. The maximum Gasteiger partial charge on any atom is 0.0810 e. The van der Waals surface area contributed by atoms with E-state index in [4.69, 9.17) is 14.2 Å². The van der Waals surface area contributed by atoms with Crippen LogP contribution >= 0.6 is 0 Å². The quantitative estimate of drug-likeness (QED) is 0.112. The highest BCUT2D eigenvalue weighted by atomic mass is 16.6. The Bertz CT molecular complexity index is 377. The Morgan fingerprint density at radius 3 is 1.59 bits per heavy atom. The van der Waals surface area contributed by atoms with Crippen LogP contribution in [0.15, 0.2) is 0 Å². The fraction of sp³-hybridized carbons (Fsp3) is 1.00. The summed E-state index contributed by atoms with van der Waals surface area (Å²) in [5, 5.41) is 10.0. The Morgan fingerprint density at radius 1 is 0.529 bits per heavy atom. The lowest BCUT2D eigenvalue weighted by molar-refractivity contribution is -0.0818. The third kappa shape index (κ3) is 24.9. The van der Waals surface area contributed by atoms with Gasteiger partial charge < -0.3 is 19.3 Å². The minimum absolute atomic E-state index is 0.0692. The summed E-state index contributed by atoms with van der Waals surface area (Å²) < 4.78 is 17.8. The second-order valence-corrected chi connectivity index (χ2v) is 10.4. The third-order valence-electron chi connectivity index (χ3n) is 6.61. The number of aliphatic hydroxyl groups is 1. The summed E-state index contributed by atoms with van der Waals surface area (Å²) in [6.07, 6.45) is 23.9. The first-order chi connectivity index (χ1) is 16.6. The van der Waals surface area contributed by atoms with Gasteiger partial charge >= 0.3 is 0 Å². The summed E-state index contributed by atoms with van der Waals surface area (Å²) in [6, 6.07) is 0. The van der Waals surface area contributed by atoms with E-state index in [2.05, 4.69) is 27.7 Å². The maximum atomic E-state index is 10.0. The Kier molecular flexibility index (Phi) is 27.3. The first-order valence-electron chi connectivity index (χ1n) is 15.1. The van der Waals surface area contributed by atoms with E-state index in [9.17, 15) is 5.11 Å². The number of ether oxygens (including phenoxy) is 3. The van der Waals surface area contributed by atoms with Crippen LogP contribution in [0.4, 0.5) is 0 Å². The molecule has 0 aliphatic rings. The molecule has 0 aromatic carbocycles. The summed E-state index contributed by atoms with van der Waals surface area (Å²) in [6.45, 7) is 11.2. The number of hydrogen-bond acceptors (Lipinski definition) is 4. The van der Waals surface area contributed by atoms with E-state index in [-0.39, 0.29) is 18.3 Å². The zero-order valence-electron chi connectivity index (χ0n) is 23.7. The van der Waals surface area contributed by atoms with Crippen molar-refractivity contribution in [2.24, 2.45) is 0 Å². The lowest BCUT2D eigenvalue weighted by Crippen LogP contribution is -2.28. The van der Waals surface area contributed by atoms with Crippen molar-refractivity contribution in [3.8, 4) is 0 Å². The van der Waals surface area contributed by atoms with Crippen molar-refractivity contribution in [2.75, 3.05) is 26.4 Å². The predicted molar refractivity (Wildman–Crippen MR) is 147 cm³/mol. The van der Waals surface area contributed by atoms with Crippen molar-refractivity contribution in [2.45, 2.75) is 168 Å². The second kappa shape index (κ2) is 27.4. The maximum absolute atomic E-state index is 10.0. The van der Waals surface area contributed by atoms with Crippen LogP contribution in [0.3, 0.4) is 0 Å². The lowest BCUT2D eigenvalue weighted by Gasteiger charge is -2.22. The normalized spacial score (nSPS) is 14.4. The fourth-order valence-electron chi connectivity index (χ4n) is 4.21. The summed E-state index contributed by atoms with van der Waals surface area (Å²) in [5.74, 6) is 0. The molecule has 206 valence electrons. The molecular formula is C30H62O4. The molecule has 0 heterocycles. The van der Waals surface area contributed by atoms with Gasteiger partial charge in [-0.05, 0) is 26.2 Å². The number of hydrogen-bond donors (Lipinski definition) is 1. The Morgan fingerprint density at radius 2 is 1.03 bits per heavy atom. The molecule has 4 nitrogen and oxygen atoms in total. The molecule has 0 radical (unpaired) electrons. The fourth-order valence-corrected chi connectivity index (χ4v) is 4.21. The molecule has 0 aromatic rings. The number of aliphatic hydroxyl groups excluding tert-OH is 1. The van der Waals surface area contributed by atoms with E-state index in [1.165, 1.54) is 77.0 Å². The molecule has 0 saturated heterocycles. The second-order valence-electron chi connectivity index (χ2n) is 10.4. The first-order valence-corrected chi connectivity index (χ1v) is 15.1. The van der Waals surface area contributed by atoms with Crippen molar-refractivity contribution in [1.29, 1.82) is 0 Å². The molecule has 0 spiro atoms. The minimum atomic E-state index is -0.356. The van der Waals surface area contributed by atoms with Crippen LogP contribution in [0.25, 0.3) is 0 Å². The molecule has 0 aliphatic carbocycles. The zero-order chi connectivity index (χ0) is 25.1. The van der Waals surface area contributed by atoms with Crippen molar-refractivity contribution in [3.63, 3.8) is 0 Å². The molecule has 0 saturated carbocycles. The largest absolute Gasteiger partial charge is 0.391 e. The van der Waals surface area contributed by atoms with E-state index >= 15 is 0 Å². The van der Waals surface area contributed by atoms with Crippen molar-refractivity contribution < 1.29 is 19.3 Å². The summed E-state index contributed by atoms with van der Waals surface area (Å²) in [5.41, 5.74) is 0. The SMILES string of the molecule is CCCCCCCCCCCCCCCOCC(C)OCC(CCCC)OCC(O)CCCC. The van der Waals surface area contributed by atoms with Gasteiger partial charge in [-0.1, -0.05) is 124 Å². The predicted octanol–water partition coefficient (Wildman–Crippen LogP) is 8.63. The number of unbranched alkanes of at least 4 members (excludes halogenated alkanes) is 14. The molecule has 0 aromatic heterocycles. The van der Waals surface area contributed by atoms with Gasteiger partial charge in [-0.25, -0.2) is 0 Å². The highest BCUT2D eigenvalue weighted by molar-refractivity contribution is 4.62. The molecule has 3 unspecified atom stereocenters. The van der Waals surface area contributed by atoms with Crippen molar-refractivity contribution >= 4 is 0 Å². The molecular weight excluding hydrogens is 424 g/mol. The molecule has 34 heavy (non-hydrogen) atoms. The average molecular weight is 487 g/mol. The Balaban J connectivity index is 3.59. The molecule has 0 rings (SSSR count). The van der Waals surface area contributed by atoms with Crippen LogP contribution in [-0.4, -0.2) is 49.8 Å². The highest BCUT2D eigenvalue weighted by Gasteiger charge is 2.14. The third-order valence-corrected chi connectivity index (χ3v) is 6.61. The summed E-state index contributed by atoms with van der Waals surface area (Å²) in [4.78, 5) is 0. The van der Waals surface area contributed by atoms with Crippen LogP contribution < -0.4 is 0 Å². The monoisotopic (exact) mass is 486 g/mol. The topological polar surface area (TPSA) is 47.9 Å². The standard InChI is InChI=1S/C30H62O4/c1-5-8-11-12-13-14-15-16-17-18-19-20-21-24-32-25-28(4)33-27-30(23-10-7-3)34-26-29(31)22-9-6-2/h28-31H,5-27H2,1-4H3. The van der Waals surface area contributed by atoms with Crippen LogP contribution in [0, 0.1) is 0 Å². The Labute approximate surface area is 213 Å². The van der Waals surface area contributed by atoms with Gasteiger partial charge in [-0.3, -0.25) is 0 Å². The van der Waals surface area contributed by atoms with E-state index in [0.717, 1.165) is 51.6 Å². The van der Waals surface area contributed by atoms with Crippen LogP contribution in [-0.2, 0) is 14.2 Å². The zero-order valence-corrected chi connectivity index (χ0v) is 23.7. The van der Waals surface area contributed by atoms with Crippen molar-refractivity contribution in [1.82, 2.24) is 0 Å². The smallest absolute Gasteiger partial charge is 0.0810 e. The molecule has 3 atom stereocenters. The average Bonchev–Trinajstić information content (AvgIpc) is 2.84. The van der Waals surface area contributed by atoms with Crippen LogP contribution in [0.1, 0.15) is 150 Å². The van der Waals surface area contributed by atoms with Gasteiger partial charge in [0.1, 0.15) is 0 Å². The highest BCUT2D eigenvalue weighted by Crippen LogP contribution is 2.13. The van der Waals surface area contributed by atoms with Gasteiger partial charge in [0.2, 0.25) is 0 Å². The molecule has 0 bridgehead atoms. The van der Waals surface area contributed by atoms with Gasteiger partial charge in [0.25, 0.3) is 0 Å². The van der Waals surface area contributed by atoms with E-state index in [1.807, 2.05) is 0 Å². The Hall–Kier alpha value is -0.160. The van der Waals surface area contributed by atoms with E-state index in [0.29, 0.717) is 19.8 Å². The lowest BCUT2D eigenvalue weighted by atomic mass is 10.0. The molecule has 0 fully saturated rings. The van der Waals surface area contributed by atoms with Crippen molar-refractivity contribution in [3.05, 3.63) is 0 Å². The van der Waals surface area contributed by atoms with Gasteiger partial charge in [-0.2, -0.15) is 0 Å².